The van der Waals surface area contributed by atoms with Crippen LogP contribution in [0.3, 0.4) is 0 Å². The lowest BCUT2D eigenvalue weighted by Crippen LogP contribution is -2.43. The first-order chi connectivity index (χ1) is 9.13. The molecule has 2 aromatic heterocycles. The normalized spacial score (nSPS) is 17.2. The van der Waals surface area contributed by atoms with Crippen molar-refractivity contribution < 1.29 is 0 Å². The molecule has 0 aliphatic heterocycles. The maximum atomic E-state index is 5.96. The molecule has 0 saturated heterocycles. The summed E-state index contributed by atoms with van der Waals surface area (Å²) < 4.78 is 1.12. The molecule has 3 rings (SSSR count). The average molecular weight is 338 g/mol. The summed E-state index contributed by atoms with van der Waals surface area (Å²) >= 11 is 5.20. The number of rotatable bonds is 3. The Bertz CT molecular complexity index is 599. The van der Waals surface area contributed by atoms with Crippen LogP contribution < -0.4 is 5.73 Å². The van der Waals surface area contributed by atoms with Gasteiger partial charge in [0.15, 0.2) is 0 Å². The average Bonchev–Trinajstić information content (AvgIpc) is 2.75. The first-order valence-electron chi connectivity index (χ1n) is 6.45. The quantitative estimate of drug-likeness (QED) is 0.929. The number of nitrogens with two attached hydrogens (primary N) is 1. The van der Waals surface area contributed by atoms with Gasteiger partial charge in [-0.2, -0.15) is 0 Å². The van der Waals surface area contributed by atoms with Crippen molar-refractivity contribution in [1.82, 2.24) is 9.97 Å². The molecular formula is C14H16BrN3S. The first-order valence-corrected chi connectivity index (χ1v) is 8.06. The lowest BCUT2D eigenvalue weighted by atomic mass is 9.68. The van der Waals surface area contributed by atoms with E-state index in [1.165, 1.54) is 11.3 Å². The van der Waals surface area contributed by atoms with Crippen LogP contribution in [-0.4, -0.2) is 16.5 Å². The molecular weight excluding hydrogens is 322 g/mol. The van der Waals surface area contributed by atoms with Gasteiger partial charge >= 0.3 is 0 Å². The molecule has 1 aliphatic rings. The maximum absolute atomic E-state index is 5.96. The van der Waals surface area contributed by atoms with Gasteiger partial charge in [-0.25, -0.2) is 9.97 Å². The van der Waals surface area contributed by atoms with E-state index in [4.69, 9.17) is 10.7 Å². The second-order valence-corrected chi connectivity index (χ2v) is 7.62. The smallest absolute Gasteiger partial charge is 0.136 e. The van der Waals surface area contributed by atoms with Gasteiger partial charge in [-0.3, -0.25) is 0 Å². The zero-order chi connectivity index (χ0) is 13.5. The molecule has 0 atom stereocenters. The minimum atomic E-state index is 0.0231. The van der Waals surface area contributed by atoms with Crippen LogP contribution in [-0.2, 0) is 5.41 Å². The molecule has 0 bridgehead atoms. The lowest BCUT2D eigenvalue weighted by molar-refractivity contribution is 0.238. The Kier molecular flexibility index (Phi) is 3.45. The molecule has 2 aromatic rings. The first kappa shape index (κ1) is 13.2. The van der Waals surface area contributed by atoms with Crippen LogP contribution >= 0.6 is 27.3 Å². The highest BCUT2D eigenvalue weighted by Crippen LogP contribution is 2.42. The summed E-state index contributed by atoms with van der Waals surface area (Å²) in [6.07, 6.45) is 3.45. The Balaban J connectivity index is 2.05. The van der Waals surface area contributed by atoms with Gasteiger partial charge in [0.25, 0.3) is 0 Å². The van der Waals surface area contributed by atoms with Crippen LogP contribution in [0.5, 0.6) is 0 Å². The van der Waals surface area contributed by atoms with Crippen molar-refractivity contribution in [3.8, 4) is 10.6 Å². The van der Waals surface area contributed by atoms with Crippen LogP contribution in [0.15, 0.2) is 22.0 Å². The molecule has 0 radical (unpaired) electrons. The van der Waals surface area contributed by atoms with Crippen molar-refractivity contribution in [3.63, 3.8) is 0 Å². The van der Waals surface area contributed by atoms with Crippen molar-refractivity contribution in [2.75, 3.05) is 6.54 Å². The van der Waals surface area contributed by atoms with Gasteiger partial charge in [-0.15, -0.1) is 11.3 Å². The van der Waals surface area contributed by atoms with E-state index < -0.39 is 0 Å². The predicted octanol–water partition coefficient (Wildman–Crippen LogP) is 3.66. The fraction of sp³-hybridized carbons (Fsp3) is 0.429. The lowest BCUT2D eigenvalue weighted by Gasteiger charge is -2.39. The maximum Gasteiger partial charge on any atom is 0.136 e. The SMILES string of the molecule is Cc1cc(-c2ccc(Br)s2)nc(C2(CN)CCC2)n1. The number of halogens is 1. The number of hydrogen-bond acceptors (Lipinski definition) is 4. The van der Waals surface area contributed by atoms with Gasteiger partial charge in [-0.1, -0.05) is 6.42 Å². The third kappa shape index (κ3) is 2.35. The second-order valence-electron chi connectivity index (χ2n) is 5.16. The third-order valence-electron chi connectivity index (χ3n) is 3.86. The van der Waals surface area contributed by atoms with E-state index in [-0.39, 0.29) is 5.41 Å². The van der Waals surface area contributed by atoms with Crippen LogP contribution in [0.1, 0.15) is 30.8 Å². The molecule has 2 heterocycles. The van der Waals surface area contributed by atoms with Crippen molar-refractivity contribution >= 4 is 27.3 Å². The van der Waals surface area contributed by atoms with Crippen molar-refractivity contribution in [1.29, 1.82) is 0 Å². The summed E-state index contributed by atoms with van der Waals surface area (Å²) in [5.41, 5.74) is 8.01. The Hall–Kier alpha value is -0.780. The fourth-order valence-corrected chi connectivity index (χ4v) is 3.85. The molecule has 1 aliphatic carbocycles. The van der Waals surface area contributed by atoms with E-state index >= 15 is 0 Å². The number of hydrogen-bond donors (Lipinski definition) is 1. The highest BCUT2D eigenvalue weighted by molar-refractivity contribution is 9.11. The molecule has 1 fully saturated rings. The van der Waals surface area contributed by atoms with Gasteiger partial charge in [0.2, 0.25) is 0 Å². The van der Waals surface area contributed by atoms with Crippen LogP contribution in [0.4, 0.5) is 0 Å². The monoisotopic (exact) mass is 337 g/mol. The molecule has 5 heteroatoms. The zero-order valence-corrected chi connectivity index (χ0v) is 13.2. The number of aromatic nitrogens is 2. The van der Waals surface area contributed by atoms with E-state index in [2.05, 4.69) is 33.0 Å². The van der Waals surface area contributed by atoms with Crippen molar-refractivity contribution in [2.45, 2.75) is 31.6 Å². The zero-order valence-electron chi connectivity index (χ0n) is 10.8. The molecule has 1 saturated carbocycles. The van der Waals surface area contributed by atoms with E-state index in [1.807, 2.05) is 13.0 Å². The van der Waals surface area contributed by atoms with E-state index in [0.29, 0.717) is 6.54 Å². The van der Waals surface area contributed by atoms with Crippen molar-refractivity contribution in [3.05, 3.63) is 33.5 Å². The number of thiophene rings is 1. The second kappa shape index (κ2) is 4.96. The Morgan fingerprint density at radius 2 is 2.16 bits per heavy atom. The van der Waals surface area contributed by atoms with Gasteiger partial charge < -0.3 is 5.73 Å². The summed E-state index contributed by atoms with van der Waals surface area (Å²) in [5, 5.41) is 0. The fourth-order valence-electron chi connectivity index (χ4n) is 2.51. The summed E-state index contributed by atoms with van der Waals surface area (Å²) in [6.45, 7) is 2.67. The highest BCUT2D eigenvalue weighted by Gasteiger charge is 2.40. The van der Waals surface area contributed by atoms with Gasteiger partial charge in [0.1, 0.15) is 5.82 Å². The molecule has 100 valence electrons. The molecule has 0 aromatic carbocycles. The van der Waals surface area contributed by atoms with Crippen LogP contribution in [0, 0.1) is 6.92 Å². The topological polar surface area (TPSA) is 51.8 Å². The molecule has 2 N–H and O–H groups in total. The molecule has 0 amide bonds. The van der Waals surface area contributed by atoms with Crippen LogP contribution in [0.25, 0.3) is 10.6 Å². The van der Waals surface area contributed by atoms with Gasteiger partial charge in [-0.05, 0) is 53.9 Å². The standard InChI is InChI=1S/C14H16BrN3S/c1-9-7-10(11-3-4-12(15)19-11)18-13(17-9)14(8-16)5-2-6-14/h3-4,7H,2,5-6,8,16H2,1H3. The van der Waals surface area contributed by atoms with E-state index in [1.54, 1.807) is 11.3 Å². The third-order valence-corrected chi connectivity index (χ3v) is 5.50. The number of nitrogens with zero attached hydrogens (tertiary/aromatic N) is 2. The van der Waals surface area contributed by atoms with Gasteiger partial charge in [0, 0.05) is 17.7 Å². The molecule has 3 nitrogen and oxygen atoms in total. The van der Waals surface area contributed by atoms with Crippen LogP contribution in [0.2, 0.25) is 0 Å². The molecule has 0 unspecified atom stereocenters. The largest absolute Gasteiger partial charge is 0.329 e. The van der Waals surface area contributed by atoms with Gasteiger partial charge in [0.05, 0.1) is 14.4 Å². The Morgan fingerprint density at radius 1 is 1.37 bits per heavy atom. The summed E-state index contributed by atoms with van der Waals surface area (Å²) in [6, 6.07) is 6.19. The predicted molar refractivity (Wildman–Crippen MR) is 82.4 cm³/mol. The Labute approximate surface area is 125 Å². The minimum Gasteiger partial charge on any atom is -0.329 e. The summed E-state index contributed by atoms with van der Waals surface area (Å²) in [4.78, 5) is 10.6. The minimum absolute atomic E-state index is 0.0231. The highest BCUT2D eigenvalue weighted by atomic mass is 79.9. The van der Waals surface area contributed by atoms with E-state index in [0.717, 1.165) is 33.8 Å². The summed E-state index contributed by atoms with van der Waals surface area (Å²) in [7, 11) is 0. The Morgan fingerprint density at radius 3 is 2.68 bits per heavy atom. The molecule has 0 spiro atoms. The number of aryl methyl sites for hydroxylation is 1. The summed E-state index contributed by atoms with van der Waals surface area (Å²) in [5.74, 6) is 0.931. The van der Waals surface area contributed by atoms with Crippen molar-refractivity contribution in [2.24, 2.45) is 5.73 Å². The molecule has 19 heavy (non-hydrogen) atoms. The van der Waals surface area contributed by atoms with E-state index in [9.17, 15) is 0 Å².